The first kappa shape index (κ1) is 19.4. The molecule has 0 amide bonds. The number of hydrogen-bond donors (Lipinski definition) is 1. The molecule has 0 unspecified atom stereocenters. The number of aromatic hydroxyl groups is 1. The van der Waals surface area contributed by atoms with Gasteiger partial charge >= 0.3 is 11.9 Å². The van der Waals surface area contributed by atoms with Crippen molar-refractivity contribution < 1.29 is 29.0 Å². The monoisotopic (exact) mass is 402 g/mol. The molecule has 3 aromatic carbocycles. The second-order valence-electron chi connectivity index (χ2n) is 6.91. The topological polar surface area (TPSA) is 89.9 Å². The van der Waals surface area contributed by atoms with Crippen LogP contribution in [-0.2, 0) is 9.53 Å². The number of phenols is 1. The number of carbonyl (C=O) groups excluding carboxylic acids is 3. The Labute approximate surface area is 172 Å². The van der Waals surface area contributed by atoms with Crippen molar-refractivity contribution in [2.75, 3.05) is 7.11 Å². The number of phenolic OH excluding ortho intramolecular Hbond substituents is 1. The minimum Gasteiger partial charge on any atom is -0.507 e. The van der Waals surface area contributed by atoms with E-state index in [1.54, 1.807) is 54.6 Å². The Hall–Kier alpha value is -3.93. The van der Waals surface area contributed by atoms with Crippen molar-refractivity contribution in [2.45, 2.75) is 12.3 Å². The molecule has 0 fully saturated rings. The molecule has 6 nitrogen and oxygen atoms in total. The second kappa shape index (κ2) is 7.83. The van der Waals surface area contributed by atoms with Gasteiger partial charge in [-0.1, -0.05) is 42.5 Å². The summed E-state index contributed by atoms with van der Waals surface area (Å²) in [7, 11) is 1.30. The van der Waals surface area contributed by atoms with Crippen LogP contribution in [0.4, 0.5) is 0 Å². The number of hydrogen-bond acceptors (Lipinski definition) is 6. The molecule has 0 spiro atoms. The van der Waals surface area contributed by atoms with Crippen LogP contribution in [-0.4, -0.2) is 29.9 Å². The van der Waals surface area contributed by atoms with Gasteiger partial charge in [0.2, 0.25) is 0 Å². The Morgan fingerprint density at radius 3 is 2.33 bits per heavy atom. The van der Waals surface area contributed by atoms with Crippen LogP contribution in [0.5, 0.6) is 11.5 Å². The molecule has 150 valence electrons. The average Bonchev–Trinajstić information content (AvgIpc) is 2.78. The van der Waals surface area contributed by atoms with Gasteiger partial charge in [0.25, 0.3) is 0 Å². The molecular formula is C24H18O6. The zero-order valence-electron chi connectivity index (χ0n) is 16.1. The number of fused-ring (bicyclic) bond motifs is 1. The van der Waals surface area contributed by atoms with E-state index in [1.165, 1.54) is 19.2 Å². The second-order valence-corrected chi connectivity index (χ2v) is 6.91. The van der Waals surface area contributed by atoms with Crippen LogP contribution in [0.15, 0.2) is 66.7 Å². The summed E-state index contributed by atoms with van der Waals surface area (Å²) in [5.74, 6) is -1.75. The molecular weight excluding hydrogens is 384 g/mol. The summed E-state index contributed by atoms with van der Waals surface area (Å²) in [6, 6.07) is 18.2. The molecule has 1 N–H and O–H groups in total. The highest BCUT2D eigenvalue weighted by Crippen LogP contribution is 2.45. The molecule has 0 bridgehead atoms. The maximum atomic E-state index is 12.9. The zero-order chi connectivity index (χ0) is 21.3. The fourth-order valence-electron chi connectivity index (χ4n) is 3.63. The number of benzene rings is 3. The Balaban J connectivity index is 1.78. The molecule has 6 heteroatoms. The van der Waals surface area contributed by atoms with Crippen molar-refractivity contribution in [2.24, 2.45) is 0 Å². The van der Waals surface area contributed by atoms with Crippen molar-refractivity contribution in [3.8, 4) is 11.5 Å². The molecule has 0 saturated heterocycles. The summed E-state index contributed by atoms with van der Waals surface area (Å²) in [5.41, 5.74) is 2.04. The molecule has 1 aliphatic rings. The predicted molar refractivity (Wildman–Crippen MR) is 108 cm³/mol. The Morgan fingerprint density at radius 2 is 1.67 bits per heavy atom. The van der Waals surface area contributed by atoms with Gasteiger partial charge in [0.05, 0.1) is 24.7 Å². The molecule has 0 aliphatic carbocycles. The lowest BCUT2D eigenvalue weighted by Gasteiger charge is -2.26. The quantitative estimate of drug-likeness (QED) is 0.405. The predicted octanol–water partition coefficient (Wildman–Crippen LogP) is 3.85. The highest BCUT2D eigenvalue weighted by atomic mass is 16.5. The summed E-state index contributed by atoms with van der Waals surface area (Å²) >= 11 is 0. The number of ether oxygens (including phenoxy) is 2. The van der Waals surface area contributed by atoms with Gasteiger partial charge in [0, 0.05) is 17.0 Å². The van der Waals surface area contributed by atoms with Crippen LogP contribution in [0.2, 0.25) is 0 Å². The summed E-state index contributed by atoms with van der Waals surface area (Å²) in [6.07, 6.45) is 0.00110. The van der Waals surface area contributed by atoms with E-state index in [2.05, 4.69) is 0 Å². The number of methoxy groups -OCH3 is 1. The van der Waals surface area contributed by atoms with Crippen LogP contribution in [0.3, 0.4) is 0 Å². The van der Waals surface area contributed by atoms with E-state index in [4.69, 9.17) is 9.47 Å². The van der Waals surface area contributed by atoms with E-state index in [0.29, 0.717) is 22.3 Å². The number of rotatable bonds is 4. The SMILES string of the molecule is COC(=O)c1ccc([C@@H]2CC(=O)Oc3ccc(C(=O)c4ccccc4)c(O)c32)cc1. The van der Waals surface area contributed by atoms with Gasteiger partial charge in [-0.25, -0.2) is 4.79 Å². The fourth-order valence-corrected chi connectivity index (χ4v) is 3.63. The lowest BCUT2D eigenvalue weighted by molar-refractivity contribution is -0.135. The van der Waals surface area contributed by atoms with Gasteiger partial charge in [-0.3, -0.25) is 9.59 Å². The van der Waals surface area contributed by atoms with Crippen LogP contribution in [0.1, 0.15) is 49.7 Å². The normalized spacial score (nSPS) is 15.1. The van der Waals surface area contributed by atoms with E-state index in [1.807, 2.05) is 0 Å². The first-order valence-corrected chi connectivity index (χ1v) is 9.34. The van der Waals surface area contributed by atoms with Crippen molar-refractivity contribution in [1.82, 2.24) is 0 Å². The van der Waals surface area contributed by atoms with Crippen LogP contribution in [0, 0.1) is 0 Å². The average molecular weight is 402 g/mol. The van der Waals surface area contributed by atoms with Crippen LogP contribution < -0.4 is 4.74 Å². The largest absolute Gasteiger partial charge is 0.507 e. The van der Waals surface area contributed by atoms with Gasteiger partial charge in [-0.2, -0.15) is 0 Å². The molecule has 4 rings (SSSR count). The van der Waals surface area contributed by atoms with Crippen molar-refractivity contribution >= 4 is 17.7 Å². The Kier molecular flexibility index (Phi) is 5.06. The minimum atomic E-state index is -0.517. The standard InChI is InChI=1S/C24H18O6/c1-29-24(28)16-9-7-14(8-10-16)18-13-20(25)30-19-12-11-17(23(27)21(18)19)22(26)15-5-3-2-4-6-15/h2-12,18,27H,13H2,1H3/t18-/m0/s1. The molecule has 3 aromatic rings. The first-order chi connectivity index (χ1) is 14.5. The smallest absolute Gasteiger partial charge is 0.337 e. The third-order valence-electron chi connectivity index (χ3n) is 5.13. The molecule has 1 atom stereocenters. The van der Waals surface area contributed by atoms with E-state index in [-0.39, 0.29) is 29.3 Å². The van der Waals surface area contributed by atoms with Crippen molar-refractivity contribution in [3.05, 3.63) is 94.5 Å². The lowest BCUT2D eigenvalue weighted by atomic mass is 9.83. The third-order valence-corrected chi connectivity index (χ3v) is 5.13. The zero-order valence-corrected chi connectivity index (χ0v) is 16.1. The first-order valence-electron chi connectivity index (χ1n) is 9.34. The van der Waals surface area contributed by atoms with Gasteiger partial charge in [-0.05, 0) is 29.8 Å². The molecule has 1 aliphatic heterocycles. The Bertz CT molecular complexity index is 1130. The van der Waals surface area contributed by atoms with E-state index in [0.717, 1.165) is 0 Å². The molecule has 30 heavy (non-hydrogen) atoms. The summed E-state index contributed by atoms with van der Waals surface area (Å²) < 4.78 is 10.0. The van der Waals surface area contributed by atoms with Crippen LogP contribution >= 0.6 is 0 Å². The molecule has 0 saturated carbocycles. The van der Waals surface area contributed by atoms with Crippen molar-refractivity contribution in [3.63, 3.8) is 0 Å². The van der Waals surface area contributed by atoms with Crippen LogP contribution in [0.25, 0.3) is 0 Å². The summed E-state index contributed by atoms with van der Waals surface area (Å²) in [5, 5.41) is 11.0. The maximum absolute atomic E-state index is 12.9. The van der Waals surface area contributed by atoms with Gasteiger partial charge in [0.15, 0.2) is 5.78 Å². The highest BCUT2D eigenvalue weighted by molar-refractivity contribution is 6.11. The van der Waals surface area contributed by atoms with E-state index >= 15 is 0 Å². The molecule has 0 aromatic heterocycles. The van der Waals surface area contributed by atoms with Gasteiger partial charge in [-0.15, -0.1) is 0 Å². The number of esters is 2. The third kappa shape index (κ3) is 3.43. The summed E-state index contributed by atoms with van der Waals surface area (Å²) in [4.78, 5) is 36.7. The van der Waals surface area contributed by atoms with E-state index in [9.17, 15) is 19.5 Å². The maximum Gasteiger partial charge on any atom is 0.337 e. The van der Waals surface area contributed by atoms with Crippen molar-refractivity contribution in [1.29, 1.82) is 0 Å². The Morgan fingerprint density at radius 1 is 0.967 bits per heavy atom. The molecule has 1 heterocycles. The fraction of sp³-hybridized carbons (Fsp3) is 0.125. The minimum absolute atomic E-state index is 0.00110. The van der Waals surface area contributed by atoms with Gasteiger partial charge < -0.3 is 14.6 Å². The highest BCUT2D eigenvalue weighted by Gasteiger charge is 2.33. The van der Waals surface area contributed by atoms with E-state index < -0.39 is 17.9 Å². The number of carbonyl (C=O) groups is 3. The van der Waals surface area contributed by atoms with Gasteiger partial charge in [0.1, 0.15) is 11.5 Å². The summed E-state index contributed by atoms with van der Waals surface area (Å²) in [6.45, 7) is 0. The molecule has 0 radical (unpaired) electrons. The lowest BCUT2D eigenvalue weighted by Crippen LogP contribution is -2.22. The number of ketones is 1.